The molecule has 5 nitrogen and oxygen atoms in total. The molecule has 0 saturated heterocycles. The van der Waals surface area contributed by atoms with Gasteiger partial charge in [0.15, 0.2) is 0 Å². The van der Waals surface area contributed by atoms with Crippen molar-refractivity contribution in [2.45, 2.75) is 12.6 Å². The van der Waals surface area contributed by atoms with Gasteiger partial charge in [0.05, 0.1) is 11.7 Å². The Hall–Kier alpha value is -2.37. The molecule has 23 heavy (non-hydrogen) atoms. The van der Waals surface area contributed by atoms with Crippen molar-refractivity contribution in [2.24, 2.45) is 5.73 Å². The van der Waals surface area contributed by atoms with Gasteiger partial charge in [-0.1, -0.05) is 35.9 Å². The first-order chi connectivity index (χ1) is 11.1. The number of hydrogen-bond donors (Lipinski definition) is 2. The van der Waals surface area contributed by atoms with E-state index in [4.69, 9.17) is 17.3 Å². The average molecular weight is 327 g/mol. The molecule has 1 aliphatic rings. The van der Waals surface area contributed by atoms with Gasteiger partial charge in [-0.25, -0.2) is 4.98 Å². The van der Waals surface area contributed by atoms with Crippen LogP contribution in [0.4, 0.5) is 0 Å². The maximum Gasteiger partial charge on any atom is 0.270 e. The Bertz CT molecular complexity index is 904. The van der Waals surface area contributed by atoms with Gasteiger partial charge in [0.2, 0.25) is 0 Å². The van der Waals surface area contributed by atoms with Crippen LogP contribution in [0.15, 0.2) is 42.6 Å². The quantitative estimate of drug-likeness (QED) is 0.675. The van der Waals surface area contributed by atoms with Crippen LogP contribution in [0.1, 0.15) is 27.7 Å². The number of nitrogens with one attached hydrogen (secondary N) is 1. The summed E-state index contributed by atoms with van der Waals surface area (Å²) in [6.07, 6.45) is 1.63. The van der Waals surface area contributed by atoms with Crippen molar-refractivity contribution in [3.05, 3.63) is 64.6 Å². The van der Waals surface area contributed by atoms with Crippen LogP contribution in [0.25, 0.3) is 10.9 Å². The summed E-state index contributed by atoms with van der Waals surface area (Å²) in [5.74, 6) is -0.0673. The van der Waals surface area contributed by atoms with E-state index in [-0.39, 0.29) is 11.9 Å². The monoisotopic (exact) mass is 326 g/mol. The van der Waals surface area contributed by atoms with Gasteiger partial charge in [0.25, 0.3) is 5.91 Å². The molecule has 4 rings (SSSR count). The Labute approximate surface area is 138 Å². The molecule has 3 aromatic rings. The van der Waals surface area contributed by atoms with Crippen LogP contribution >= 0.6 is 11.6 Å². The fourth-order valence-corrected chi connectivity index (χ4v) is 3.26. The molecule has 0 radical (unpaired) electrons. The fraction of sp³-hybridized carbons (Fsp3) is 0.176. The molecule has 0 bridgehead atoms. The molecule has 1 aromatic carbocycles. The van der Waals surface area contributed by atoms with E-state index in [0.717, 1.165) is 22.0 Å². The number of H-pyrrole nitrogens is 1. The van der Waals surface area contributed by atoms with Crippen molar-refractivity contribution < 1.29 is 4.79 Å². The van der Waals surface area contributed by atoms with E-state index in [1.165, 1.54) is 0 Å². The number of hydrogen-bond acceptors (Lipinski definition) is 3. The molecule has 116 valence electrons. The van der Waals surface area contributed by atoms with E-state index < -0.39 is 0 Å². The molecule has 1 unspecified atom stereocenters. The Morgan fingerprint density at radius 3 is 3.04 bits per heavy atom. The van der Waals surface area contributed by atoms with Gasteiger partial charge in [0.1, 0.15) is 10.8 Å². The minimum Gasteiger partial charge on any atom is -0.349 e. The minimum atomic E-state index is -0.163. The molecular weight excluding hydrogens is 312 g/mol. The SMILES string of the molecule is NC1CN(C(=O)c2cc3cc(Cl)ncc3[nH]2)Cc2ccccc21. The predicted molar refractivity (Wildman–Crippen MR) is 89.2 cm³/mol. The molecule has 1 atom stereocenters. The van der Waals surface area contributed by atoms with Crippen molar-refractivity contribution in [2.75, 3.05) is 6.54 Å². The van der Waals surface area contributed by atoms with Gasteiger partial charge in [0, 0.05) is 24.5 Å². The number of nitrogens with zero attached hydrogens (tertiary/aromatic N) is 2. The maximum absolute atomic E-state index is 12.8. The Kier molecular flexibility index (Phi) is 3.32. The zero-order valence-corrected chi connectivity index (χ0v) is 13.0. The molecule has 0 spiro atoms. The van der Waals surface area contributed by atoms with E-state index in [1.54, 1.807) is 23.2 Å². The zero-order valence-electron chi connectivity index (χ0n) is 12.3. The number of amides is 1. The van der Waals surface area contributed by atoms with Crippen molar-refractivity contribution in [3.63, 3.8) is 0 Å². The summed E-state index contributed by atoms with van der Waals surface area (Å²) in [7, 11) is 0. The van der Waals surface area contributed by atoms with Crippen LogP contribution in [-0.4, -0.2) is 27.3 Å². The van der Waals surface area contributed by atoms with Crippen molar-refractivity contribution in [1.29, 1.82) is 0 Å². The lowest BCUT2D eigenvalue weighted by atomic mass is 9.96. The van der Waals surface area contributed by atoms with E-state index in [1.807, 2.05) is 24.3 Å². The molecule has 6 heteroatoms. The predicted octanol–water partition coefficient (Wildman–Crippen LogP) is 2.87. The summed E-state index contributed by atoms with van der Waals surface area (Å²) in [5.41, 5.74) is 9.74. The van der Waals surface area contributed by atoms with Crippen LogP contribution in [-0.2, 0) is 6.54 Å². The minimum absolute atomic E-state index is 0.0673. The van der Waals surface area contributed by atoms with Gasteiger partial charge < -0.3 is 15.6 Å². The lowest BCUT2D eigenvalue weighted by molar-refractivity contribution is 0.0713. The van der Waals surface area contributed by atoms with Gasteiger partial charge in [-0.2, -0.15) is 0 Å². The molecule has 2 aromatic heterocycles. The van der Waals surface area contributed by atoms with Crippen molar-refractivity contribution in [1.82, 2.24) is 14.9 Å². The van der Waals surface area contributed by atoms with Gasteiger partial charge >= 0.3 is 0 Å². The van der Waals surface area contributed by atoms with Crippen LogP contribution in [0.5, 0.6) is 0 Å². The molecule has 1 aliphatic heterocycles. The van der Waals surface area contributed by atoms with Gasteiger partial charge in [-0.15, -0.1) is 0 Å². The molecule has 0 fully saturated rings. The van der Waals surface area contributed by atoms with Gasteiger partial charge in [-0.3, -0.25) is 4.79 Å². The number of aromatic nitrogens is 2. The first-order valence-electron chi connectivity index (χ1n) is 7.39. The zero-order chi connectivity index (χ0) is 16.0. The van der Waals surface area contributed by atoms with Gasteiger partial charge in [-0.05, 0) is 23.3 Å². The standard InChI is InChI=1S/C17H15ClN4O/c18-16-6-11-5-14(21-15(11)7-20-16)17(23)22-8-10-3-1-2-4-12(10)13(19)9-22/h1-7,13,21H,8-9,19H2. The normalized spacial score (nSPS) is 17.3. The number of nitrogens with two attached hydrogens (primary N) is 1. The van der Waals surface area contributed by atoms with Crippen LogP contribution in [0.3, 0.4) is 0 Å². The van der Waals surface area contributed by atoms with E-state index >= 15 is 0 Å². The number of carbonyl (C=O) groups excluding carboxylic acids is 1. The average Bonchev–Trinajstić information content (AvgIpc) is 2.97. The first kappa shape index (κ1) is 14.2. The summed E-state index contributed by atoms with van der Waals surface area (Å²) < 4.78 is 0. The first-order valence-corrected chi connectivity index (χ1v) is 7.76. The summed E-state index contributed by atoms with van der Waals surface area (Å²) in [6, 6.07) is 11.4. The smallest absolute Gasteiger partial charge is 0.270 e. The van der Waals surface area contributed by atoms with Crippen LogP contribution in [0.2, 0.25) is 5.15 Å². The lowest BCUT2D eigenvalue weighted by Crippen LogP contribution is -2.41. The number of aromatic amines is 1. The summed E-state index contributed by atoms with van der Waals surface area (Å²) in [6.45, 7) is 1.07. The van der Waals surface area contributed by atoms with E-state index in [0.29, 0.717) is 23.9 Å². The third kappa shape index (κ3) is 2.48. The van der Waals surface area contributed by atoms with Crippen molar-refractivity contribution >= 4 is 28.4 Å². The summed E-state index contributed by atoms with van der Waals surface area (Å²) in [5, 5.41) is 1.28. The second-order valence-electron chi connectivity index (χ2n) is 5.77. The molecule has 1 amide bonds. The number of benzene rings is 1. The topological polar surface area (TPSA) is 75.0 Å². The fourth-order valence-electron chi connectivity index (χ4n) is 3.09. The number of carbonyl (C=O) groups is 1. The molecule has 3 N–H and O–H groups in total. The number of fused-ring (bicyclic) bond motifs is 2. The Morgan fingerprint density at radius 1 is 1.35 bits per heavy atom. The highest BCUT2D eigenvalue weighted by atomic mass is 35.5. The summed E-state index contributed by atoms with van der Waals surface area (Å²) >= 11 is 5.89. The Balaban J connectivity index is 1.66. The Morgan fingerprint density at radius 2 is 2.17 bits per heavy atom. The van der Waals surface area contributed by atoms with Crippen LogP contribution < -0.4 is 5.73 Å². The van der Waals surface area contributed by atoms with E-state index in [2.05, 4.69) is 9.97 Å². The molecule has 0 saturated carbocycles. The highest BCUT2D eigenvalue weighted by Gasteiger charge is 2.27. The summed E-state index contributed by atoms with van der Waals surface area (Å²) in [4.78, 5) is 21.7. The number of halogens is 1. The third-order valence-electron chi connectivity index (χ3n) is 4.22. The molecule has 3 heterocycles. The van der Waals surface area contributed by atoms with E-state index in [9.17, 15) is 4.79 Å². The highest BCUT2D eigenvalue weighted by Crippen LogP contribution is 2.26. The van der Waals surface area contributed by atoms with Crippen LogP contribution in [0, 0.1) is 0 Å². The highest BCUT2D eigenvalue weighted by molar-refractivity contribution is 6.30. The third-order valence-corrected chi connectivity index (χ3v) is 4.43. The second kappa shape index (κ2) is 5.37. The van der Waals surface area contributed by atoms with Crippen molar-refractivity contribution in [3.8, 4) is 0 Å². The number of rotatable bonds is 1. The molecular formula is C17H15ClN4O. The number of pyridine rings is 1. The maximum atomic E-state index is 12.8. The second-order valence-corrected chi connectivity index (χ2v) is 6.16. The lowest BCUT2D eigenvalue weighted by Gasteiger charge is -2.32. The largest absolute Gasteiger partial charge is 0.349 e. The molecule has 0 aliphatic carbocycles.